The van der Waals surface area contributed by atoms with Gasteiger partial charge in [-0.05, 0) is 58.5 Å². The highest BCUT2D eigenvalue weighted by atomic mass is 127. The van der Waals surface area contributed by atoms with Crippen LogP contribution in [0.5, 0.6) is 0 Å². The molecule has 0 radical (unpaired) electrons. The van der Waals surface area contributed by atoms with E-state index in [9.17, 15) is 8.42 Å². The first-order chi connectivity index (χ1) is 9.36. The summed E-state index contributed by atoms with van der Waals surface area (Å²) in [5.41, 5.74) is 8.49. The van der Waals surface area contributed by atoms with E-state index in [1.807, 2.05) is 18.2 Å². The molecule has 6 heteroatoms. The third-order valence-corrected chi connectivity index (χ3v) is 4.65. The first-order valence-corrected chi connectivity index (χ1v) is 8.91. The Kier molecular flexibility index (Phi) is 4.54. The van der Waals surface area contributed by atoms with Crippen molar-refractivity contribution in [2.45, 2.75) is 11.4 Å². The molecule has 0 bridgehead atoms. The van der Waals surface area contributed by atoms with Crippen molar-refractivity contribution in [3.8, 4) is 0 Å². The normalized spacial score (nSPS) is 11.3. The van der Waals surface area contributed by atoms with Gasteiger partial charge in [-0.25, -0.2) is 8.42 Å². The number of nitrogens with two attached hydrogens (primary N) is 1. The fourth-order valence-corrected chi connectivity index (χ4v) is 2.89. The third-order valence-electron chi connectivity index (χ3n) is 2.85. The lowest BCUT2D eigenvalue weighted by Gasteiger charge is -2.10. The van der Waals surface area contributed by atoms with Gasteiger partial charge in [-0.2, -0.15) is 0 Å². The van der Waals surface area contributed by atoms with Gasteiger partial charge >= 0.3 is 0 Å². The van der Waals surface area contributed by atoms with Crippen LogP contribution in [0.25, 0.3) is 0 Å². The lowest BCUT2D eigenvalue weighted by molar-refractivity contribution is 0.602. The van der Waals surface area contributed by atoms with Crippen molar-refractivity contribution < 1.29 is 8.42 Å². The van der Waals surface area contributed by atoms with Gasteiger partial charge in [0.2, 0.25) is 0 Å². The predicted octanol–water partition coefficient (Wildman–Crippen LogP) is 2.89. The molecule has 20 heavy (non-hydrogen) atoms. The highest BCUT2D eigenvalue weighted by Gasteiger charge is 2.06. The zero-order chi connectivity index (χ0) is 14.8. The fourth-order valence-electron chi connectivity index (χ4n) is 1.75. The van der Waals surface area contributed by atoms with Gasteiger partial charge in [0.15, 0.2) is 9.84 Å². The molecule has 0 aliphatic heterocycles. The zero-order valence-electron chi connectivity index (χ0n) is 10.9. The topological polar surface area (TPSA) is 72.2 Å². The van der Waals surface area contributed by atoms with E-state index in [0.29, 0.717) is 17.1 Å². The molecule has 2 aromatic rings. The van der Waals surface area contributed by atoms with E-state index in [2.05, 4.69) is 27.9 Å². The summed E-state index contributed by atoms with van der Waals surface area (Å²) >= 11 is 2.21. The Hall–Kier alpha value is -1.28. The van der Waals surface area contributed by atoms with Gasteiger partial charge in [0.1, 0.15) is 0 Å². The van der Waals surface area contributed by atoms with E-state index < -0.39 is 9.84 Å². The molecule has 106 valence electrons. The molecular formula is C14H15IN2O2S. The molecule has 4 nitrogen and oxygen atoms in total. The minimum absolute atomic E-state index is 0.329. The van der Waals surface area contributed by atoms with Crippen molar-refractivity contribution in [3.05, 3.63) is 51.6 Å². The number of nitrogens with one attached hydrogen (secondary N) is 1. The summed E-state index contributed by atoms with van der Waals surface area (Å²) in [5, 5.41) is 3.24. The Balaban J connectivity index is 2.08. The predicted molar refractivity (Wildman–Crippen MR) is 90.4 cm³/mol. The van der Waals surface area contributed by atoms with E-state index >= 15 is 0 Å². The molecule has 0 fully saturated rings. The van der Waals surface area contributed by atoms with Crippen LogP contribution < -0.4 is 11.1 Å². The van der Waals surface area contributed by atoms with Crippen LogP contribution >= 0.6 is 22.6 Å². The molecule has 2 aromatic carbocycles. The monoisotopic (exact) mass is 402 g/mol. The van der Waals surface area contributed by atoms with E-state index in [-0.39, 0.29) is 0 Å². The maximum Gasteiger partial charge on any atom is 0.175 e. The molecule has 0 atom stereocenters. The minimum Gasteiger partial charge on any atom is -0.397 e. The molecule has 0 spiro atoms. The number of anilines is 2. The second-order valence-electron chi connectivity index (χ2n) is 4.50. The van der Waals surface area contributed by atoms with Crippen LogP contribution in [0.3, 0.4) is 0 Å². The summed E-state index contributed by atoms with van der Waals surface area (Å²) in [6.45, 7) is 0.592. The summed E-state index contributed by atoms with van der Waals surface area (Å²) in [7, 11) is -3.14. The first kappa shape index (κ1) is 15.1. The van der Waals surface area contributed by atoms with Gasteiger partial charge in [-0.15, -0.1) is 0 Å². The Labute approximate surface area is 132 Å². The third kappa shape index (κ3) is 3.86. The molecule has 0 saturated heterocycles. The summed E-state index contributed by atoms with van der Waals surface area (Å²) < 4.78 is 23.8. The molecule has 0 amide bonds. The highest BCUT2D eigenvalue weighted by molar-refractivity contribution is 14.1. The summed E-state index contributed by atoms with van der Waals surface area (Å²) in [5.74, 6) is 0. The minimum atomic E-state index is -3.14. The van der Waals surface area contributed by atoms with Gasteiger partial charge in [0.05, 0.1) is 16.3 Å². The van der Waals surface area contributed by atoms with Crippen LogP contribution in [-0.2, 0) is 16.4 Å². The van der Waals surface area contributed by atoms with Crippen molar-refractivity contribution in [2.24, 2.45) is 0 Å². The van der Waals surface area contributed by atoms with E-state index in [0.717, 1.165) is 14.8 Å². The molecule has 0 unspecified atom stereocenters. The van der Waals surface area contributed by atoms with E-state index in [1.54, 1.807) is 24.3 Å². The van der Waals surface area contributed by atoms with Crippen LogP contribution in [0.2, 0.25) is 0 Å². The van der Waals surface area contributed by atoms with Crippen molar-refractivity contribution in [1.82, 2.24) is 0 Å². The molecule has 2 rings (SSSR count). The Morgan fingerprint density at radius 3 is 2.35 bits per heavy atom. The molecule has 0 heterocycles. The van der Waals surface area contributed by atoms with Crippen LogP contribution in [0.1, 0.15) is 5.56 Å². The molecule has 0 aliphatic rings. The van der Waals surface area contributed by atoms with Crippen molar-refractivity contribution in [2.75, 3.05) is 17.3 Å². The average Bonchev–Trinajstić information content (AvgIpc) is 2.37. The Bertz CT molecular complexity index is 712. The van der Waals surface area contributed by atoms with Crippen molar-refractivity contribution in [3.63, 3.8) is 0 Å². The lowest BCUT2D eigenvalue weighted by Crippen LogP contribution is -2.03. The summed E-state index contributed by atoms with van der Waals surface area (Å²) in [4.78, 5) is 0.329. The molecule has 0 aromatic heterocycles. The Morgan fingerprint density at radius 1 is 1.15 bits per heavy atom. The Morgan fingerprint density at radius 2 is 1.80 bits per heavy atom. The van der Waals surface area contributed by atoms with E-state index in [1.165, 1.54) is 6.26 Å². The maximum atomic E-state index is 11.4. The van der Waals surface area contributed by atoms with Gasteiger partial charge in [-0.1, -0.05) is 12.1 Å². The van der Waals surface area contributed by atoms with Gasteiger partial charge in [0, 0.05) is 16.4 Å². The number of hydrogen-bond acceptors (Lipinski definition) is 4. The molecule has 0 saturated carbocycles. The van der Waals surface area contributed by atoms with Gasteiger partial charge in [-0.3, -0.25) is 0 Å². The van der Waals surface area contributed by atoms with Crippen molar-refractivity contribution in [1.29, 1.82) is 0 Å². The van der Waals surface area contributed by atoms with Crippen LogP contribution in [0, 0.1) is 3.57 Å². The van der Waals surface area contributed by atoms with Crippen LogP contribution in [0.4, 0.5) is 11.4 Å². The van der Waals surface area contributed by atoms with Gasteiger partial charge < -0.3 is 11.1 Å². The maximum absolute atomic E-state index is 11.4. The molecular weight excluding hydrogens is 387 g/mol. The van der Waals surface area contributed by atoms with Crippen LogP contribution in [0.15, 0.2) is 47.4 Å². The highest BCUT2D eigenvalue weighted by Crippen LogP contribution is 2.21. The van der Waals surface area contributed by atoms with Crippen molar-refractivity contribution >= 4 is 43.8 Å². The van der Waals surface area contributed by atoms with Crippen LogP contribution in [-0.4, -0.2) is 14.7 Å². The number of halogens is 1. The molecule has 3 N–H and O–H groups in total. The average molecular weight is 402 g/mol. The standard InChI is InChI=1S/C14H15IN2O2S/c1-20(18,19)12-5-2-10(3-6-12)9-17-14-7-4-11(15)8-13(14)16/h2-8,17H,9,16H2,1H3. The van der Waals surface area contributed by atoms with Gasteiger partial charge in [0.25, 0.3) is 0 Å². The first-order valence-electron chi connectivity index (χ1n) is 5.94. The quantitative estimate of drug-likeness (QED) is 0.610. The summed E-state index contributed by atoms with van der Waals surface area (Å²) in [6, 6.07) is 12.6. The largest absolute Gasteiger partial charge is 0.397 e. The smallest absolute Gasteiger partial charge is 0.175 e. The summed E-state index contributed by atoms with van der Waals surface area (Å²) in [6.07, 6.45) is 1.20. The number of nitrogen functional groups attached to an aromatic ring is 1. The second-order valence-corrected chi connectivity index (χ2v) is 7.76. The number of hydrogen-bond donors (Lipinski definition) is 2. The number of rotatable bonds is 4. The van der Waals surface area contributed by atoms with E-state index in [4.69, 9.17) is 5.73 Å². The fraction of sp³-hybridized carbons (Fsp3) is 0.143. The zero-order valence-corrected chi connectivity index (χ0v) is 13.9. The number of sulfone groups is 1. The molecule has 0 aliphatic carbocycles. The lowest BCUT2D eigenvalue weighted by atomic mass is 10.2. The SMILES string of the molecule is CS(=O)(=O)c1ccc(CNc2ccc(I)cc2N)cc1. The second kappa shape index (κ2) is 6.01. The number of benzene rings is 2.